The quantitative estimate of drug-likeness (QED) is 0.822. The van der Waals surface area contributed by atoms with Gasteiger partial charge in [-0.2, -0.15) is 0 Å². The lowest BCUT2D eigenvalue weighted by atomic mass is 10.2. The zero-order valence-corrected chi connectivity index (χ0v) is 12.9. The molecule has 1 saturated heterocycles. The van der Waals surface area contributed by atoms with Gasteiger partial charge in [0.1, 0.15) is 18.2 Å². The predicted molar refractivity (Wildman–Crippen MR) is 77.7 cm³/mol. The predicted octanol–water partition coefficient (Wildman–Crippen LogP) is 1.53. The van der Waals surface area contributed by atoms with Gasteiger partial charge in [0.25, 0.3) is 0 Å². The Morgan fingerprint density at radius 2 is 2.23 bits per heavy atom. The van der Waals surface area contributed by atoms with Crippen LogP contribution in [-0.2, 0) is 4.74 Å². The van der Waals surface area contributed by atoms with Crippen LogP contribution in [0.5, 0.6) is 5.88 Å². The number of nitrogens with zero attached hydrogens (tertiary/aromatic N) is 5. The number of hydrogen-bond donors (Lipinski definition) is 0. The molecule has 2 aromatic rings. The van der Waals surface area contributed by atoms with Gasteiger partial charge in [-0.25, -0.2) is 9.97 Å². The molecule has 0 saturated carbocycles. The molecule has 0 aliphatic carbocycles. The normalized spacial score (nSPS) is 21.3. The van der Waals surface area contributed by atoms with Crippen LogP contribution in [0.2, 0.25) is 0 Å². The molecular weight excluding hydrogens is 286 g/mol. The van der Waals surface area contributed by atoms with Crippen LogP contribution in [0.3, 0.4) is 0 Å². The Kier molecular flexibility index (Phi) is 4.19. The van der Waals surface area contributed by atoms with Gasteiger partial charge in [0.2, 0.25) is 17.7 Å². The Hall–Kier alpha value is -2.22. The maximum absolute atomic E-state index is 5.60. The van der Waals surface area contributed by atoms with Gasteiger partial charge in [-0.3, -0.25) is 0 Å². The second-order valence-corrected chi connectivity index (χ2v) is 5.07. The summed E-state index contributed by atoms with van der Waals surface area (Å²) in [5.74, 6) is 2.44. The van der Waals surface area contributed by atoms with E-state index in [0.717, 1.165) is 12.2 Å². The van der Waals surface area contributed by atoms with Crippen LogP contribution < -0.4 is 9.64 Å². The van der Waals surface area contributed by atoms with E-state index in [1.807, 2.05) is 13.0 Å². The third kappa shape index (κ3) is 2.87. The first-order valence-electron chi connectivity index (χ1n) is 7.25. The molecule has 3 heterocycles. The Labute approximate surface area is 128 Å². The van der Waals surface area contributed by atoms with E-state index in [4.69, 9.17) is 13.9 Å². The summed E-state index contributed by atoms with van der Waals surface area (Å²) in [5, 5.41) is 8.06. The third-order valence-electron chi connectivity index (χ3n) is 3.64. The first-order chi connectivity index (χ1) is 10.7. The zero-order chi connectivity index (χ0) is 15.5. The third-order valence-corrected chi connectivity index (χ3v) is 3.64. The minimum absolute atomic E-state index is 0.0597. The Morgan fingerprint density at radius 3 is 2.91 bits per heavy atom. The molecule has 3 rings (SSSR count). The molecule has 8 nitrogen and oxygen atoms in total. The molecule has 2 aromatic heterocycles. The van der Waals surface area contributed by atoms with Crippen LogP contribution in [0.25, 0.3) is 0 Å². The highest BCUT2D eigenvalue weighted by Crippen LogP contribution is 2.36. The van der Waals surface area contributed by atoms with Crippen molar-refractivity contribution in [3.63, 3.8) is 0 Å². The molecule has 1 fully saturated rings. The van der Waals surface area contributed by atoms with Crippen LogP contribution in [0.4, 0.5) is 5.82 Å². The molecular formula is C14H19N5O3. The van der Waals surface area contributed by atoms with Crippen molar-refractivity contribution < 1.29 is 13.9 Å². The number of aromatic nitrogens is 4. The van der Waals surface area contributed by atoms with Crippen molar-refractivity contribution in [3.05, 3.63) is 24.2 Å². The number of aryl methyl sites for hydroxylation is 1. The van der Waals surface area contributed by atoms with Gasteiger partial charge in [0.05, 0.1) is 12.7 Å². The van der Waals surface area contributed by atoms with E-state index in [2.05, 4.69) is 25.1 Å². The van der Waals surface area contributed by atoms with Crippen molar-refractivity contribution in [2.45, 2.75) is 32.4 Å². The van der Waals surface area contributed by atoms with Gasteiger partial charge in [-0.1, -0.05) is 0 Å². The van der Waals surface area contributed by atoms with Gasteiger partial charge in [0, 0.05) is 33.1 Å². The molecule has 8 heteroatoms. The molecule has 0 N–H and O–H groups in total. The van der Waals surface area contributed by atoms with E-state index in [0.29, 0.717) is 30.8 Å². The molecule has 0 aromatic carbocycles. The lowest BCUT2D eigenvalue weighted by molar-refractivity contribution is 0.117. The van der Waals surface area contributed by atoms with E-state index in [9.17, 15) is 0 Å². The summed E-state index contributed by atoms with van der Waals surface area (Å²) in [6.45, 7) is 4.96. The first kappa shape index (κ1) is 14.7. The first-order valence-corrected chi connectivity index (χ1v) is 7.25. The van der Waals surface area contributed by atoms with Gasteiger partial charge >= 0.3 is 0 Å². The lowest BCUT2D eigenvalue weighted by Gasteiger charge is -2.22. The van der Waals surface area contributed by atoms with Gasteiger partial charge in [-0.05, 0) is 6.92 Å². The van der Waals surface area contributed by atoms with Crippen LogP contribution >= 0.6 is 0 Å². The smallest absolute Gasteiger partial charge is 0.238 e. The van der Waals surface area contributed by atoms with Crippen molar-refractivity contribution >= 4 is 5.82 Å². The van der Waals surface area contributed by atoms with E-state index >= 15 is 0 Å². The summed E-state index contributed by atoms with van der Waals surface area (Å²) in [6, 6.07) is 1.76. The number of ether oxygens (including phenoxy) is 2. The average molecular weight is 305 g/mol. The van der Waals surface area contributed by atoms with E-state index in [1.165, 1.54) is 6.33 Å². The van der Waals surface area contributed by atoms with Crippen LogP contribution in [0.15, 0.2) is 16.8 Å². The molecule has 0 spiro atoms. The van der Waals surface area contributed by atoms with Gasteiger partial charge in [0.15, 0.2) is 0 Å². The van der Waals surface area contributed by atoms with Gasteiger partial charge < -0.3 is 18.8 Å². The van der Waals surface area contributed by atoms with E-state index in [1.54, 1.807) is 14.0 Å². The second kappa shape index (κ2) is 6.27. The fraction of sp³-hybridized carbons (Fsp3) is 0.571. The fourth-order valence-electron chi connectivity index (χ4n) is 2.62. The van der Waals surface area contributed by atoms with Crippen molar-refractivity contribution in [2.75, 3.05) is 25.2 Å². The molecule has 118 valence electrons. The largest absolute Gasteiger partial charge is 0.478 e. The van der Waals surface area contributed by atoms with Crippen LogP contribution in [0.1, 0.15) is 31.2 Å². The Balaban J connectivity index is 1.90. The van der Waals surface area contributed by atoms with Crippen molar-refractivity contribution in [1.29, 1.82) is 0 Å². The zero-order valence-electron chi connectivity index (χ0n) is 12.9. The molecule has 1 aliphatic heterocycles. The number of hydrogen-bond acceptors (Lipinski definition) is 8. The van der Waals surface area contributed by atoms with Crippen molar-refractivity contribution in [3.8, 4) is 5.88 Å². The monoisotopic (exact) mass is 305 g/mol. The van der Waals surface area contributed by atoms with Crippen molar-refractivity contribution in [2.24, 2.45) is 0 Å². The Morgan fingerprint density at radius 1 is 1.36 bits per heavy atom. The number of rotatable bonds is 5. The second-order valence-electron chi connectivity index (χ2n) is 5.07. The molecule has 22 heavy (non-hydrogen) atoms. The standard InChI is InChI=1S/C14H19N5O3/c1-4-21-13-6-12(15-8-16-13)19-7-10(20-3)5-11(19)14-18-17-9(2)22-14/h6,8,10-11H,4-5,7H2,1-3H3/t10-,11+/m0/s1. The Bertz CT molecular complexity index is 632. The minimum Gasteiger partial charge on any atom is -0.478 e. The summed E-state index contributed by atoms with van der Waals surface area (Å²) in [4.78, 5) is 10.5. The topological polar surface area (TPSA) is 86.4 Å². The summed E-state index contributed by atoms with van der Waals surface area (Å²) in [7, 11) is 1.70. The van der Waals surface area contributed by atoms with Crippen LogP contribution in [0, 0.1) is 6.92 Å². The highest BCUT2D eigenvalue weighted by molar-refractivity contribution is 5.44. The maximum Gasteiger partial charge on any atom is 0.238 e. The SMILES string of the molecule is CCOc1cc(N2C[C@@H](OC)C[C@@H]2c2nnc(C)o2)ncn1. The molecule has 1 aliphatic rings. The molecule has 0 amide bonds. The molecule has 0 radical (unpaired) electrons. The number of methoxy groups -OCH3 is 1. The van der Waals surface area contributed by atoms with Crippen molar-refractivity contribution in [1.82, 2.24) is 20.2 Å². The van der Waals surface area contributed by atoms with Gasteiger partial charge in [-0.15, -0.1) is 10.2 Å². The highest BCUT2D eigenvalue weighted by atomic mass is 16.5. The summed E-state index contributed by atoms with van der Waals surface area (Å²) in [6.07, 6.45) is 2.35. The fourth-order valence-corrected chi connectivity index (χ4v) is 2.62. The average Bonchev–Trinajstić information content (AvgIpc) is 3.13. The molecule has 0 bridgehead atoms. The van der Waals surface area contributed by atoms with E-state index in [-0.39, 0.29) is 12.1 Å². The highest BCUT2D eigenvalue weighted by Gasteiger charge is 2.37. The number of anilines is 1. The summed E-state index contributed by atoms with van der Waals surface area (Å²) in [5.41, 5.74) is 0. The lowest BCUT2D eigenvalue weighted by Crippen LogP contribution is -2.26. The molecule has 2 atom stereocenters. The summed E-state index contributed by atoms with van der Waals surface area (Å²) >= 11 is 0. The minimum atomic E-state index is -0.0597. The molecule has 0 unspecified atom stereocenters. The summed E-state index contributed by atoms with van der Waals surface area (Å²) < 4.78 is 16.5. The maximum atomic E-state index is 5.60. The van der Waals surface area contributed by atoms with E-state index < -0.39 is 0 Å². The van der Waals surface area contributed by atoms with Crippen LogP contribution in [-0.4, -0.2) is 46.5 Å².